The van der Waals surface area contributed by atoms with Crippen LogP contribution in [0.15, 0.2) is 194 Å². The Bertz CT molecular complexity index is 2290. The Morgan fingerprint density at radius 1 is 0.320 bits per heavy atom. The number of anilines is 3. The van der Waals surface area contributed by atoms with E-state index in [1.165, 1.54) is 32.1 Å². The number of hydrogen-bond acceptors (Lipinski definition) is 4. The zero-order valence-corrected chi connectivity index (χ0v) is 28.3. The predicted molar refractivity (Wildman–Crippen MR) is 208 cm³/mol. The monoisotopic (exact) mass is 656 g/mol. The van der Waals surface area contributed by atoms with Gasteiger partial charge in [-0.05, 0) is 45.0 Å². The fourth-order valence-electron chi connectivity index (χ4n) is 7.46. The number of fused-ring (bicyclic) bond motifs is 2. The van der Waals surface area contributed by atoms with Crippen LogP contribution in [0.2, 0.25) is 0 Å². The van der Waals surface area contributed by atoms with E-state index < -0.39 is 8.07 Å². The van der Waals surface area contributed by atoms with E-state index in [9.17, 15) is 0 Å². The van der Waals surface area contributed by atoms with E-state index in [1.54, 1.807) is 0 Å². The second-order valence-electron chi connectivity index (χ2n) is 12.4. The van der Waals surface area contributed by atoms with Crippen molar-refractivity contribution in [1.29, 1.82) is 0 Å². The van der Waals surface area contributed by atoms with Crippen molar-refractivity contribution in [2.75, 3.05) is 4.90 Å². The molecule has 0 fully saturated rings. The van der Waals surface area contributed by atoms with Crippen molar-refractivity contribution in [3.63, 3.8) is 0 Å². The SMILES string of the molecule is c1ccc(-c2nc(-c3ccccc3)nc(-c3ccccc3N3c4ccccc4[Si](c4ccccc4)(c4ccccc4)c4ccccc43)n2)cc1. The zero-order chi connectivity index (χ0) is 33.3. The van der Waals surface area contributed by atoms with Gasteiger partial charge in [0.1, 0.15) is 0 Å². The van der Waals surface area contributed by atoms with E-state index in [0.717, 1.165) is 22.4 Å². The molecule has 1 aliphatic heterocycles. The fourth-order valence-corrected chi connectivity index (χ4v) is 12.6. The highest BCUT2D eigenvalue weighted by Crippen LogP contribution is 2.42. The summed E-state index contributed by atoms with van der Waals surface area (Å²) in [5.74, 6) is 1.91. The van der Waals surface area contributed by atoms with E-state index in [1.807, 2.05) is 60.7 Å². The van der Waals surface area contributed by atoms with E-state index in [-0.39, 0.29) is 0 Å². The van der Waals surface area contributed by atoms with Gasteiger partial charge in [-0.25, -0.2) is 15.0 Å². The summed E-state index contributed by atoms with van der Waals surface area (Å²) in [6.45, 7) is 0. The van der Waals surface area contributed by atoms with Gasteiger partial charge < -0.3 is 4.90 Å². The average Bonchev–Trinajstić information content (AvgIpc) is 3.21. The van der Waals surface area contributed by atoms with Gasteiger partial charge in [0.05, 0.1) is 5.69 Å². The molecule has 0 spiro atoms. The summed E-state index contributed by atoms with van der Waals surface area (Å²) in [5.41, 5.74) is 6.17. The lowest BCUT2D eigenvalue weighted by molar-refractivity contribution is 1.07. The lowest BCUT2D eigenvalue weighted by atomic mass is 10.1. The van der Waals surface area contributed by atoms with Crippen LogP contribution >= 0.6 is 0 Å². The number of para-hydroxylation sites is 3. The predicted octanol–water partition coefficient (Wildman–Crippen LogP) is 8.03. The molecule has 5 heteroatoms. The van der Waals surface area contributed by atoms with E-state index in [4.69, 9.17) is 15.0 Å². The van der Waals surface area contributed by atoms with Gasteiger partial charge in [-0.2, -0.15) is 0 Å². The summed E-state index contributed by atoms with van der Waals surface area (Å²) in [4.78, 5) is 17.7. The molecule has 0 unspecified atom stereocenters. The van der Waals surface area contributed by atoms with Crippen LogP contribution in [0.1, 0.15) is 0 Å². The van der Waals surface area contributed by atoms with Gasteiger partial charge in [0.25, 0.3) is 0 Å². The fraction of sp³-hybridized carbons (Fsp3) is 0. The molecule has 2 heterocycles. The molecule has 1 aromatic heterocycles. The second kappa shape index (κ2) is 12.5. The molecule has 236 valence electrons. The van der Waals surface area contributed by atoms with Crippen LogP contribution < -0.4 is 25.6 Å². The topological polar surface area (TPSA) is 41.9 Å². The minimum absolute atomic E-state index is 0.628. The maximum absolute atomic E-state index is 5.15. The molecule has 1 aliphatic rings. The lowest BCUT2D eigenvalue weighted by Crippen LogP contribution is -2.77. The standard InChI is InChI=1S/C45H32N4Si/c1-5-19-33(20-6-1)43-46-44(34-21-7-2-8-22-34)48-45(47-43)37-27-13-14-28-38(37)49-39-29-15-17-31-41(39)50(35-23-9-3-10-24-35,36-25-11-4-12-26-36)42-32-18-16-30-40(42)49/h1-32H. The van der Waals surface area contributed by atoms with Crippen molar-refractivity contribution in [3.8, 4) is 34.2 Å². The molecule has 8 aromatic rings. The molecule has 0 saturated heterocycles. The number of benzene rings is 7. The molecular formula is C45H32N4Si. The Hall–Kier alpha value is -6.43. The zero-order valence-electron chi connectivity index (χ0n) is 27.3. The molecule has 7 aromatic carbocycles. The van der Waals surface area contributed by atoms with Crippen LogP contribution in [-0.2, 0) is 0 Å². The van der Waals surface area contributed by atoms with Crippen molar-refractivity contribution >= 4 is 45.9 Å². The van der Waals surface area contributed by atoms with Gasteiger partial charge in [-0.1, -0.05) is 170 Å². The van der Waals surface area contributed by atoms with Gasteiger partial charge in [0.15, 0.2) is 25.5 Å². The molecule has 0 radical (unpaired) electrons. The van der Waals surface area contributed by atoms with E-state index >= 15 is 0 Å². The lowest BCUT2D eigenvalue weighted by Gasteiger charge is -2.45. The van der Waals surface area contributed by atoms with Crippen LogP contribution in [0.4, 0.5) is 17.1 Å². The first kappa shape index (κ1) is 29.7. The van der Waals surface area contributed by atoms with E-state index in [0.29, 0.717) is 17.5 Å². The third-order valence-corrected chi connectivity index (χ3v) is 14.5. The molecule has 0 bridgehead atoms. The van der Waals surface area contributed by atoms with Crippen LogP contribution in [0.3, 0.4) is 0 Å². The van der Waals surface area contributed by atoms with Crippen LogP contribution in [0.25, 0.3) is 34.2 Å². The molecule has 0 N–H and O–H groups in total. The first-order valence-corrected chi connectivity index (χ1v) is 18.9. The molecule has 0 atom stereocenters. The Labute approximate surface area is 293 Å². The summed E-state index contributed by atoms with van der Waals surface area (Å²) in [5, 5.41) is 5.40. The minimum atomic E-state index is -2.74. The highest BCUT2D eigenvalue weighted by molar-refractivity contribution is 7.21. The highest BCUT2D eigenvalue weighted by Gasteiger charge is 2.48. The van der Waals surface area contributed by atoms with Gasteiger partial charge in [0.2, 0.25) is 0 Å². The molecule has 0 saturated carbocycles. The maximum atomic E-state index is 5.15. The first-order valence-electron chi connectivity index (χ1n) is 16.9. The average molecular weight is 657 g/mol. The van der Waals surface area contributed by atoms with Crippen molar-refractivity contribution in [1.82, 2.24) is 15.0 Å². The first-order chi connectivity index (χ1) is 24.8. The summed E-state index contributed by atoms with van der Waals surface area (Å²) < 4.78 is 0. The molecule has 4 nitrogen and oxygen atoms in total. The summed E-state index contributed by atoms with van der Waals surface area (Å²) in [7, 11) is -2.74. The smallest absolute Gasteiger partial charge is 0.184 e. The van der Waals surface area contributed by atoms with Crippen molar-refractivity contribution in [3.05, 3.63) is 194 Å². The van der Waals surface area contributed by atoms with Crippen molar-refractivity contribution < 1.29 is 0 Å². The normalized spacial score (nSPS) is 12.9. The van der Waals surface area contributed by atoms with Crippen LogP contribution in [0.5, 0.6) is 0 Å². The van der Waals surface area contributed by atoms with E-state index in [2.05, 4.69) is 138 Å². The Morgan fingerprint density at radius 2 is 0.680 bits per heavy atom. The summed E-state index contributed by atoms with van der Waals surface area (Å²) >= 11 is 0. The Morgan fingerprint density at radius 3 is 1.16 bits per heavy atom. The number of rotatable bonds is 6. The number of aromatic nitrogens is 3. The number of hydrogen-bond donors (Lipinski definition) is 0. The highest BCUT2D eigenvalue weighted by atomic mass is 28.3. The number of nitrogens with zero attached hydrogens (tertiary/aromatic N) is 4. The maximum Gasteiger partial charge on any atom is 0.184 e. The third-order valence-electron chi connectivity index (χ3n) is 9.60. The van der Waals surface area contributed by atoms with Gasteiger partial charge in [0, 0.05) is 28.1 Å². The minimum Gasteiger partial charge on any atom is -0.310 e. The Kier molecular flexibility index (Phi) is 7.45. The molecule has 50 heavy (non-hydrogen) atoms. The Balaban J connectivity index is 1.32. The second-order valence-corrected chi connectivity index (χ2v) is 16.1. The van der Waals surface area contributed by atoms with Crippen LogP contribution in [-0.4, -0.2) is 23.0 Å². The van der Waals surface area contributed by atoms with Gasteiger partial charge in [-0.3, -0.25) is 0 Å². The third kappa shape index (κ3) is 4.87. The largest absolute Gasteiger partial charge is 0.310 e. The van der Waals surface area contributed by atoms with Gasteiger partial charge >= 0.3 is 0 Å². The molecule has 0 amide bonds. The quantitative estimate of drug-likeness (QED) is 0.170. The van der Waals surface area contributed by atoms with Crippen molar-refractivity contribution in [2.24, 2.45) is 0 Å². The van der Waals surface area contributed by atoms with Crippen molar-refractivity contribution in [2.45, 2.75) is 0 Å². The molecule has 0 aliphatic carbocycles. The molecular weight excluding hydrogens is 625 g/mol. The van der Waals surface area contributed by atoms with Gasteiger partial charge in [-0.15, -0.1) is 0 Å². The van der Waals surface area contributed by atoms with Crippen LogP contribution in [0, 0.1) is 0 Å². The summed E-state index contributed by atoms with van der Waals surface area (Å²) in [6.07, 6.45) is 0. The molecule has 9 rings (SSSR count). The summed E-state index contributed by atoms with van der Waals surface area (Å²) in [6, 6.07) is 68.9.